The molecule has 2 aliphatic heterocycles. The van der Waals surface area contributed by atoms with Gasteiger partial charge in [0.25, 0.3) is 5.91 Å². The van der Waals surface area contributed by atoms with Crippen LogP contribution in [0.3, 0.4) is 0 Å². The number of carbonyl (C=O) groups excluding carboxylic acids is 1. The van der Waals surface area contributed by atoms with Gasteiger partial charge < -0.3 is 25.4 Å². The molecule has 10 heteroatoms. The summed E-state index contributed by atoms with van der Waals surface area (Å²) >= 11 is 0. The standard InChI is InChI=1S/C35H33F4N3O3/c1-21-16-22(6-9-31(21)36)28-17-23(7-10-32(28)44-25-12-14-40-19-25)34(43)42-24-8-11-33(45-26-13-15-41-20-26)29(18-24)27-4-2-3-5-30(27)35(37,38)39/h2-11,16-18,25-26,40-41H,12-15,19-20H2,1H3,(H,42,43)/t25-,26-/m0/s1. The molecule has 0 aromatic heterocycles. The fourth-order valence-electron chi connectivity index (χ4n) is 5.72. The van der Waals surface area contributed by atoms with Crippen molar-refractivity contribution >= 4 is 11.6 Å². The van der Waals surface area contributed by atoms with Crippen molar-refractivity contribution in [1.82, 2.24) is 10.6 Å². The average molecular weight is 620 g/mol. The minimum atomic E-state index is -4.59. The summed E-state index contributed by atoms with van der Waals surface area (Å²) in [7, 11) is 0. The van der Waals surface area contributed by atoms with E-state index in [2.05, 4.69) is 16.0 Å². The van der Waals surface area contributed by atoms with Crippen molar-refractivity contribution in [3.8, 4) is 33.8 Å². The predicted octanol–water partition coefficient (Wildman–Crippen LogP) is 7.22. The number of carbonyl (C=O) groups is 1. The Kier molecular flexibility index (Phi) is 8.78. The van der Waals surface area contributed by atoms with Crippen molar-refractivity contribution < 1.29 is 31.8 Å². The van der Waals surface area contributed by atoms with Crippen molar-refractivity contribution in [2.45, 2.75) is 38.1 Å². The van der Waals surface area contributed by atoms with Gasteiger partial charge in [-0.2, -0.15) is 13.2 Å². The third kappa shape index (κ3) is 6.97. The van der Waals surface area contributed by atoms with Crippen LogP contribution in [0.5, 0.6) is 11.5 Å². The van der Waals surface area contributed by atoms with Crippen LogP contribution in [-0.4, -0.2) is 44.3 Å². The number of rotatable bonds is 8. The number of hydrogen-bond donors (Lipinski definition) is 3. The zero-order valence-electron chi connectivity index (χ0n) is 24.6. The maximum Gasteiger partial charge on any atom is 0.417 e. The van der Waals surface area contributed by atoms with E-state index in [0.717, 1.165) is 32.0 Å². The van der Waals surface area contributed by atoms with E-state index in [1.54, 1.807) is 55.5 Å². The molecule has 234 valence electrons. The quantitative estimate of drug-likeness (QED) is 0.182. The summed E-state index contributed by atoms with van der Waals surface area (Å²) < 4.78 is 68.6. The Morgan fingerprint density at radius 2 is 1.47 bits per heavy atom. The Bertz CT molecular complexity index is 1700. The molecule has 0 unspecified atom stereocenters. The normalized spacial score (nSPS) is 18.2. The number of anilines is 1. The van der Waals surface area contributed by atoms with E-state index in [1.807, 2.05) is 0 Å². The topological polar surface area (TPSA) is 71.6 Å². The summed E-state index contributed by atoms with van der Waals surface area (Å²) in [5.41, 5.74) is 1.78. The molecular formula is C35H33F4N3O3. The second kappa shape index (κ2) is 12.9. The predicted molar refractivity (Wildman–Crippen MR) is 165 cm³/mol. The second-order valence-corrected chi connectivity index (χ2v) is 11.3. The van der Waals surface area contributed by atoms with Crippen molar-refractivity contribution in [2.75, 3.05) is 31.5 Å². The smallest absolute Gasteiger partial charge is 0.417 e. The minimum absolute atomic E-state index is 0.0382. The van der Waals surface area contributed by atoms with Gasteiger partial charge in [-0.05, 0) is 104 Å². The van der Waals surface area contributed by atoms with E-state index in [1.165, 1.54) is 24.3 Å². The van der Waals surface area contributed by atoms with Crippen LogP contribution in [0, 0.1) is 12.7 Å². The van der Waals surface area contributed by atoms with E-state index in [0.29, 0.717) is 52.5 Å². The lowest BCUT2D eigenvalue weighted by atomic mass is 9.97. The summed E-state index contributed by atoms with van der Waals surface area (Å²) in [6.07, 6.45) is -3.25. The first-order valence-corrected chi connectivity index (χ1v) is 14.9. The molecule has 0 bridgehead atoms. The Balaban J connectivity index is 1.34. The Morgan fingerprint density at radius 1 is 0.800 bits per heavy atom. The Labute approximate surface area is 258 Å². The molecule has 0 saturated carbocycles. The lowest BCUT2D eigenvalue weighted by Crippen LogP contribution is -2.20. The summed E-state index contributed by atoms with van der Waals surface area (Å²) in [5.74, 6) is 0.0676. The maximum absolute atomic E-state index is 14.1. The zero-order valence-corrected chi connectivity index (χ0v) is 24.6. The highest BCUT2D eigenvalue weighted by Crippen LogP contribution is 2.42. The van der Waals surface area contributed by atoms with Gasteiger partial charge in [0, 0.05) is 35.5 Å². The van der Waals surface area contributed by atoms with Crippen molar-refractivity contribution in [3.05, 3.63) is 101 Å². The molecule has 2 aliphatic rings. The van der Waals surface area contributed by atoms with Gasteiger partial charge in [0.05, 0.1) is 5.56 Å². The molecule has 0 radical (unpaired) electrons. The van der Waals surface area contributed by atoms with Crippen LogP contribution in [0.25, 0.3) is 22.3 Å². The molecular weight excluding hydrogens is 586 g/mol. The largest absolute Gasteiger partial charge is 0.488 e. The van der Waals surface area contributed by atoms with Crippen LogP contribution in [0.2, 0.25) is 0 Å². The molecule has 45 heavy (non-hydrogen) atoms. The molecule has 4 aromatic carbocycles. The fraction of sp³-hybridized carbons (Fsp3) is 0.286. The first kappa shape index (κ1) is 30.6. The van der Waals surface area contributed by atoms with E-state index in [-0.39, 0.29) is 29.2 Å². The molecule has 2 saturated heterocycles. The third-order valence-corrected chi connectivity index (χ3v) is 8.09. The molecule has 2 atom stereocenters. The van der Waals surface area contributed by atoms with Crippen LogP contribution < -0.4 is 25.4 Å². The molecule has 4 aromatic rings. The van der Waals surface area contributed by atoms with Gasteiger partial charge >= 0.3 is 6.18 Å². The van der Waals surface area contributed by atoms with E-state index < -0.39 is 17.6 Å². The van der Waals surface area contributed by atoms with Gasteiger partial charge in [-0.25, -0.2) is 4.39 Å². The van der Waals surface area contributed by atoms with Crippen LogP contribution in [0.1, 0.15) is 34.3 Å². The second-order valence-electron chi connectivity index (χ2n) is 11.3. The SMILES string of the molecule is Cc1cc(-c2cc(C(=O)Nc3ccc(O[C@H]4CCNC4)c(-c4ccccc4C(F)(F)F)c3)ccc2O[C@H]2CCNC2)ccc1F. The van der Waals surface area contributed by atoms with Crippen LogP contribution in [0.15, 0.2) is 78.9 Å². The highest BCUT2D eigenvalue weighted by molar-refractivity contribution is 6.05. The number of halogens is 4. The lowest BCUT2D eigenvalue weighted by Gasteiger charge is -2.20. The van der Waals surface area contributed by atoms with E-state index >= 15 is 0 Å². The maximum atomic E-state index is 14.1. The number of ether oxygens (including phenoxy) is 2. The summed E-state index contributed by atoms with van der Waals surface area (Å²) in [5, 5.41) is 9.30. The molecule has 3 N–H and O–H groups in total. The van der Waals surface area contributed by atoms with Gasteiger partial charge in [-0.3, -0.25) is 4.79 Å². The number of amides is 1. The molecule has 1 amide bonds. The van der Waals surface area contributed by atoms with Gasteiger partial charge in [0.1, 0.15) is 29.5 Å². The van der Waals surface area contributed by atoms with E-state index in [4.69, 9.17) is 9.47 Å². The summed E-state index contributed by atoms with van der Waals surface area (Å²) in [6.45, 7) is 4.55. The molecule has 2 heterocycles. The number of aryl methyl sites for hydroxylation is 1. The number of nitrogens with one attached hydrogen (secondary N) is 3. The van der Waals surface area contributed by atoms with E-state index in [9.17, 15) is 22.4 Å². The Morgan fingerprint density at radius 3 is 2.11 bits per heavy atom. The van der Waals surface area contributed by atoms with Gasteiger partial charge in [0.2, 0.25) is 0 Å². The molecule has 6 nitrogen and oxygen atoms in total. The zero-order chi connectivity index (χ0) is 31.6. The number of benzene rings is 4. The highest BCUT2D eigenvalue weighted by Gasteiger charge is 2.34. The number of alkyl halides is 3. The molecule has 0 spiro atoms. The average Bonchev–Trinajstić information content (AvgIpc) is 3.74. The van der Waals surface area contributed by atoms with Gasteiger partial charge in [0.15, 0.2) is 0 Å². The monoisotopic (exact) mass is 619 g/mol. The van der Waals surface area contributed by atoms with Crippen molar-refractivity contribution in [1.29, 1.82) is 0 Å². The first-order valence-electron chi connectivity index (χ1n) is 14.9. The van der Waals surface area contributed by atoms with Gasteiger partial charge in [-0.1, -0.05) is 24.3 Å². The first-order chi connectivity index (χ1) is 21.7. The summed E-state index contributed by atoms with van der Waals surface area (Å²) in [6, 6.07) is 19.8. The van der Waals surface area contributed by atoms with Gasteiger partial charge in [-0.15, -0.1) is 0 Å². The Hall–Kier alpha value is -4.41. The summed E-state index contributed by atoms with van der Waals surface area (Å²) in [4.78, 5) is 13.6. The molecule has 2 fully saturated rings. The third-order valence-electron chi connectivity index (χ3n) is 8.09. The molecule has 0 aliphatic carbocycles. The fourth-order valence-corrected chi connectivity index (χ4v) is 5.72. The lowest BCUT2D eigenvalue weighted by molar-refractivity contribution is -0.137. The highest BCUT2D eigenvalue weighted by atomic mass is 19.4. The molecule has 6 rings (SSSR count). The van der Waals surface area contributed by atoms with Crippen molar-refractivity contribution in [2.24, 2.45) is 0 Å². The van der Waals surface area contributed by atoms with Crippen LogP contribution >= 0.6 is 0 Å². The van der Waals surface area contributed by atoms with Crippen LogP contribution in [-0.2, 0) is 6.18 Å². The minimum Gasteiger partial charge on any atom is -0.488 e. The van der Waals surface area contributed by atoms with Crippen molar-refractivity contribution in [3.63, 3.8) is 0 Å². The van der Waals surface area contributed by atoms with Crippen LogP contribution in [0.4, 0.5) is 23.2 Å². The number of hydrogen-bond acceptors (Lipinski definition) is 5.